The molecule has 5 rings (SSSR count). The van der Waals surface area contributed by atoms with Gasteiger partial charge in [-0.1, -0.05) is 30.3 Å². The van der Waals surface area contributed by atoms with Crippen LogP contribution in [-0.4, -0.2) is 17.2 Å². The lowest BCUT2D eigenvalue weighted by Crippen LogP contribution is -2.26. The van der Waals surface area contributed by atoms with Gasteiger partial charge in [0.05, 0.1) is 0 Å². The third-order valence-corrected chi connectivity index (χ3v) is 4.56. The average Bonchev–Trinajstić information content (AvgIpc) is 3.17. The molecule has 0 aliphatic carbocycles. The van der Waals surface area contributed by atoms with Crippen LogP contribution in [0.25, 0.3) is 22.8 Å². The number of alkyl halides is 2. The quantitative estimate of drug-likeness (QED) is 0.664. The molecule has 3 heterocycles. The fourth-order valence-corrected chi connectivity index (χ4v) is 3.31. The lowest BCUT2D eigenvalue weighted by Gasteiger charge is -2.06. The molecule has 7 heteroatoms. The van der Waals surface area contributed by atoms with E-state index >= 15 is 0 Å². The minimum absolute atomic E-state index is 0.0649. The zero-order valence-electron chi connectivity index (χ0n) is 14.3. The van der Waals surface area contributed by atoms with E-state index in [0.717, 1.165) is 11.1 Å². The monoisotopic (exact) mass is 378 g/mol. The fraction of sp³-hybridized carbons (Fsp3) is 0.0476. The van der Waals surface area contributed by atoms with Gasteiger partial charge in [-0.05, 0) is 29.8 Å². The Hall–Kier alpha value is -3.74. The number of hydrogen-bond acceptors (Lipinski definition) is 4. The molecule has 2 aromatic carbocycles. The molecule has 2 aliphatic rings. The van der Waals surface area contributed by atoms with Gasteiger partial charge in [0.1, 0.15) is 0 Å². The van der Waals surface area contributed by atoms with E-state index in [0.29, 0.717) is 22.4 Å². The van der Waals surface area contributed by atoms with Gasteiger partial charge in [-0.2, -0.15) is 0 Å². The van der Waals surface area contributed by atoms with E-state index in [1.54, 1.807) is 24.5 Å². The van der Waals surface area contributed by atoms with Crippen molar-refractivity contribution in [2.75, 3.05) is 5.32 Å². The summed E-state index contributed by atoms with van der Waals surface area (Å²) in [5.41, 5.74) is 3.86. The number of amides is 1. The van der Waals surface area contributed by atoms with E-state index in [2.05, 4.69) is 19.8 Å². The summed E-state index contributed by atoms with van der Waals surface area (Å²) in [5.74, 6) is -0.472. The first kappa shape index (κ1) is 16.4. The summed E-state index contributed by atoms with van der Waals surface area (Å²) < 4.78 is 35.9. The minimum atomic E-state index is -3.72. The molecular weight excluding hydrogens is 366 g/mol. The number of hydrogen-bond donors (Lipinski definition) is 1. The van der Waals surface area contributed by atoms with Gasteiger partial charge in [0.15, 0.2) is 11.5 Å². The Morgan fingerprint density at radius 2 is 1.93 bits per heavy atom. The van der Waals surface area contributed by atoms with E-state index < -0.39 is 6.29 Å². The normalized spacial score (nSPS) is 17.5. The van der Waals surface area contributed by atoms with Crippen molar-refractivity contribution in [3.63, 3.8) is 0 Å². The van der Waals surface area contributed by atoms with E-state index in [-0.39, 0.29) is 17.4 Å². The molecule has 3 aromatic rings. The highest BCUT2D eigenvalue weighted by atomic mass is 19.3. The Balaban J connectivity index is 1.56. The van der Waals surface area contributed by atoms with Gasteiger partial charge in [-0.25, -0.2) is 0 Å². The maximum atomic E-state index is 13.4. The number of benzene rings is 2. The van der Waals surface area contributed by atoms with Crippen molar-refractivity contribution in [2.45, 2.75) is 6.29 Å². The van der Waals surface area contributed by atoms with Crippen molar-refractivity contribution in [1.82, 2.24) is 4.98 Å². The Morgan fingerprint density at radius 1 is 1.04 bits per heavy atom. The third-order valence-electron chi connectivity index (χ3n) is 4.56. The van der Waals surface area contributed by atoms with Gasteiger partial charge in [0, 0.05) is 40.3 Å². The van der Waals surface area contributed by atoms with Crippen LogP contribution in [0.2, 0.25) is 0 Å². The zero-order chi connectivity index (χ0) is 19.3. The largest absolute Gasteiger partial charge is 0.586 e. The van der Waals surface area contributed by atoms with Crippen LogP contribution in [-0.2, 0) is 4.79 Å². The number of carbonyl (C=O) groups excluding carboxylic acids is 1. The van der Waals surface area contributed by atoms with Crippen LogP contribution in [0.1, 0.15) is 11.1 Å². The lowest BCUT2D eigenvalue weighted by molar-refractivity contribution is -0.286. The van der Waals surface area contributed by atoms with Crippen molar-refractivity contribution in [1.29, 1.82) is 0 Å². The van der Waals surface area contributed by atoms with Gasteiger partial charge in [-0.15, -0.1) is 8.78 Å². The predicted octanol–water partition coefficient (Wildman–Crippen LogP) is 4.56. The van der Waals surface area contributed by atoms with E-state index in [1.807, 2.05) is 30.3 Å². The molecule has 0 saturated carbocycles. The first-order valence-corrected chi connectivity index (χ1v) is 8.47. The van der Waals surface area contributed by atoms with Gasteiger partial charge in [0.25, 0.3) is 5.91 Å². The molecular formula is C21H12F2N2O3. The average molecular weight is 378 g/mol. The number of pyridine rings is 1. The smallest absolute Gasteiger partial charge is 0.395 e. The number of aromatic nitrogens is 1. The van der Waals surface area contributed by atoms with E-state index in [1.165, 1.54) is 12.1 Å². The molecule has 28 heavy (non-hydrogen) atoms. The molecule has 0 radical (unpaired) electrons. The zero-order valence-corrected chi connectivity index (χ0v) is 14.3. The summed E-state index contributed by atoms with van der Waals surface area (Å²) in [6.07, 6.45) is 1.23. The molecule has 1 aromatic heterocycles. The van der Waals surface area contributed by atoms with Crippen LogP contribution in [0.4, 0.5) is 14.5 Å². The van der Waals surface area contributed by atoms with Crippen molar-refractivity contribution < 1.29 is 23.0 Å². The lowest BCUT2D eigenvalue weighted by atomic mass is 10.00. The Kier molecular flexibility index (Phi) is 3.45. The molecule has 2 aliphatic heterocycles. The van der Waals surface area contributed by atoms with Crippen molar-refractivity contribution in [3.8, 4) is 22.6 Å². The maximum Gasteiger partial charge on any atom is 0.586 e. The molecule has 5 nitrogen and oxygen atoms in total. The Bertz CT molecular complexity index is 1140. The number of nitrogens with one attached hydrogen (secondary N) is 1. The van der Waals surface area contributed by atoms with Crippen molar-refractivity contribution in [3.05, 3.63) is 72.1 Å². The second kappa shape index (κ2) is 5.88. The van der Waals surface area contributed by atoms with Crippen LogP contribution in [0.15, 0.2) is 60.9 Å². The molecule has 0 saturated heterocycles. The second-order valence-electron chi connectivity index (χ2n) is 6.36. The number of rotatable bonds is 2. The van der Waals surface area contributed by atoms with Crippen molar-refractivity contribution >= 4 is 23.2 Å². The number of halogens is 2. The topological polar surface area (TPSA) is 60.5 Å². The third kappa shape index (κ3) is 2.68. The number of ether oxygens (including phenoxy) is 2. The summed E-state index contributed by atoms with van der Waals surface area (Å²) in [6, 6.07) is 13.9. The van der Waals surface area contributed by atoms with Crippen LogP contribution in [0.3, 0.4) is 0 Å². The first-order valence-electron chi connectivity index (χ1n) is 8.47. The highest BCUT2D eigenvalue weighted by molar-refractivity contribution is 6.35. The number of anilines is 1. The summed E-state index contributed by atoms with van der Waals surface area (Å²) in [4.78, 5) is 16.6. The number of para-hydroxylation sites is 1. The van der Waals surface area contributed by atoms with Crippen LogP contribution < -0.4 is 14.8 Å². The highest BCUT2D eigenvalue weighted by Gasteiger charge is 2.44. The summed E-state index contributed by atoms with van der Waals surface area (Å²) in [5, 5.41) is 2.81. The molecule has 138 valence electrons. The molecule has 0 fully saturated rings. The first-order chi connectivity index (χ1) is 13.5. The van der Waals surface area contributed by atoms with Gasteiger partial charge < -0.3 is 14.8 Å². The molecule has 1 N–H and O–H groups in total. The number of carbonyl (C=O) groups is 1. The van der Waals surface area contributed by atoms with Crippen LogP contribution in [0.5, 0.6) is 11.5 Å². The maximum absolute atomic E-state index is 13.4. The predicted molar refractivity (Wildman–Crippen MR) is 98.8 cm³/mol. The van der Waals surface area contributed by atoms with E-state index in [4.69, 9.17) is 0 Å². The number of nitrogens with zero attached hydrogens (tertiary/aromatic N) is 1. The summed E-state index contributed by atoms with van der Waals surface area (Å²) >= 11 is 0. The highest BCUT2D eigenvalue weighted by Crippen LogP contribution is 2.45. The molecule has 0 unspecified atom stereocenters. The number of fused-ring (bicyclic) bond motifs is 2. The SMILES string of the molecule is O=C1Nc2cc(-c3cccnc3)ccc2/C1=C\c1cccc2c1OC(F)(F)O2. The van der Waals surface area contributed by atoms with E-state index in [9.17, 15) is 13.6 Å². The Morgan fingerprint density at radius 3 is 2.75 bits per heavy atom. The molecule has 1 amide bonds. The van der Waals surface area contributed by atoms with Gasteiger partial charge in [-0.3, -0.25) is 9.78 Å². The molecule has 0 atom stereocenters. The fourth-order valence-electron chi connectivity index (χ4n) is 3.31. The molecule has 0 spiro atoms. The summed E-state index contributed by atoms with van der Waals surface area (Å²) in [7, 11) is 0. The minimum Gasteiger partial charge on any atom is -0.395 e. The van der Waals surface area contributed by atoms with Crippen LogP contribution in [0, 0.1) is 0 Å². The Labute approximate surface area is 158 Å². The van der Waals surface area contributed by atoms with Crippen molar-refractivity contribution in [2.24, 2.45) is 0 Å². The van der Waals surface area contributed by atoms with Gasteiger partial charge in [0.2, 0.25) is 0 Å². The van der Waals surface area contributed by atoms with Crippen LogP contribution >= 0.6 is 0 Å². The van der Waals surface area contributed by atoms with Gasteiger partial charge >= 0.3 is 6.29 Å². The standard InChI is InChI=1S/C21H12F2N2O3/c22-21(23)27-18-5-1-3-13(19(18)28-21)9-16-15-7-6-12(10-17(15)25-20(16)26)14-4-2-8-24-11-14/h1-11H,(H,25,26)/b16-9+. The summed E-state index contributed by atoms with van der Waals surface area (Å²) in [6.45, 7) is 0. The second-order valence-corrected chi connectivity index (χ2v) is 6.36. The molecule has 0 bridgehead atoms.